The topological polar surface area (TPSA) is 54.9 Å². The van der Waals surface area contributed by atoms with Gasteiger partial charge in [0, 0.05) is 18.4 Å². The minimum atomic E-state index is -0.344. The zero-order valence-electron chi connectivity index (χ0n) is 9.85. The van der Waals surface area contributed by atoms with Crippen LogP contribution < -0.4 is 5.32 Å². The fourth-order valence-corrected chi connectivity index (χ4v) is 1.42. The normalized spacial score (nSPS) is 10.1. The van der Waals surface area contributed by atoms with Crippen molar-refractivity contribution < 1.29 is 9.18 Å². The highest BCUT2D eigenvalue weighted by Gasteiger charge is 2.08. The molecule has 5 heteroatoms. The van der Waals surface area contributed by atoms with Crippen molar-refractivity contribution in [3.05, 3.63) is 59.4 Å². The van der Waals surface area contributed by atoms with Crippen LogP contribution in [0.3, 0.4) is 0 Å². The van der Waals surface area contributed by atoms with E-state index in [4.69, 9.17) is 0 Å². The summed E-state index contributed by atoms with van der Waals surface area (Å²) in [6, 6.07) is 7.66. The molecule has 1 aromatic heterocycles. The number of carbonyl (C=O) groups excluding carboxylic acids is 1. The molecule has 1 heterocycles. The van der Waals surface area contributed by atoms with Gasteiger partial charge in [0.2, 0.25) is 5.82 Å². The molecule has 18 heavy (non-hydrogen) atoms. The number of nitrogens with one attached hydrogen (secondary N) is 1. The van der Waals surface area contributed by atoms with E-state index in [1.54, 1.807) is 25.1 Å². The molecule has 0 aliphatic heterocycles. The standard InChI is InChI=1S/C13H12FN3O/c1-9-6-7-15-12(17-9)13(18)16-8-10-2-4-11(14)5-3-10/h2-7H,8H2,1H3,(H,16,18). The molecule has 1 aromatic carbocycles. The molecular weight excluding hydrogens is 233 g/mol. The van der Waals surface area contributed by atoms with Crippen molar-refractivity contribution in [1.29, 1.82) is 0 Å². The van der Waals surface area contributed by atoms with E-state index in [0.29, 0.717) is 6.54 Å². The minimum Gasteiger partial charge on any atom is -0.345 e. The Balaban J connectivity index is 1.98. The first-order chi connectivity index (χ1) is 8.65. The maximum atomic E-state index is 12.7. The number of aromatic nitrogens is 2. The van der Waals surface area contributed by atoms with Crippen molar-refractivity contribution >= 4 is 5.91 Å². The third kappa shape index (κ3) is 3.10. The van der Waals surface area contributed by atoms with Crippen molar-refractivity contribution in [1.82, 2.24) is 15.3 Å². The SMILES string of the molecule is Cc1ccnc(C(=O)NCc2ccc(F)cc2)n1. The van der Waals surface area contributed by atoms with Gasteiger partial charge >= 0.3 is 0 Å². The Hall–Kier alpha value is -2.30. The lowest BCUT2D eigenvalue weighted by molar-refractivity contribution is 0.0940. The quantitative estimate of drug-likeness (QED) is 0.897. The van der Waals surface area contributed by atoms with Gasteiger partial charge in [0.05, 0.1) is 0 Å². The first kappa shape index (κ1) is 12.2. The Morgan fingerprint density at radius 2 is 2.00 bits per heavy atom. The molecule has 0 atom stereocenters. The summed E-state index contributed by atoms with van der Waals surface area (Å²) in [5, 5.41) is 2.68. The van der Waals surface area contributed by atoms with Crippen molar-refractivity contribution in [3.8, 4) is 0 Å². The molecule has 92 valence electrons. The molecule has 0 radical (unpaired) electrons. The highest BCUT2D eigenvalue weighted by atomic mass is 19.1. The highest BCUT2D eigenvalue weighted by Crippen LogP contribution is 2.02. The van der Waals surface area contributed by atoms with Gasteiger partial charge in [-0.15, -0.1) is 0 Å². The monoisotopic (exact) mass is 245 g/mol. The lowest BCUT2D eigenvalue weighted by atomic mass is 10.2. The molecule has 1 N–H and O–H groups in total. The first-order valence-corrected chi connectivity index (χ1v) is 5.47. The van der Waals surface area contributed by atoms with Gasteiger partial charge < -0.3 is 5.32 Å². The Kier molecular flexibility index (Phi) is 3.62. The molecule has 0 aliphatic rings. The van der Waals surface area contributed by atoms with Gasteiger partial charge in [0.1, 0.15) is 5.82 Å². The average molecular weight is 245 g/mol. The van der Waals surface area contributed by atoms with E-state index < -0.39 is 0 Å². The number of amides is 1. The van der Waals surface area contributed by atoms with Gasteiger partial charge in [-0.25, -0.2) is 14.4 Å². The maximum Gasteiger partial charge on any atom is 0.289 e. The maximum absolute atomic E-state index is 12.7. The van der Waals surface area contributed by atoms with Gasteiger partial charge in [-0.3, -0.25) is 4.79 Å². The van der Waals surface area contributed by atoms with Gasteiger partial charge in [-0.1, -0.05) is 12.1 Å². The molecule has 0 spiro atoms. The van der Waals surface area contributed by atoms with Crippen molar-refractivity contribution in [2.45, 2.75) is 13.5 Å². The highest BCUT2D eigenvalue weighted by molar-refractivity contribution is 5.90. The molecule has 0 bridgehead atoms. The second-order valence-corrected chi connectivity index (χ2v) is 3.83. The summed E-state index contributed by atoms with van der Waals surface area (Å²) in [7, 11) is 0. The fourth-order valence-electron chi connectivity index (χ4n) is 1.42. The second kappa shape index (κ2) is 5.35. The van der Waals surface area contributed by atoms with Crippen LogP contribution in [-0.4, -0.2) is 15.9 Å². The fraction of sp³-hybridized carbons (Fsp3) is 0.154. The lowest BCUT2D eigenvalue weighted by Crippen LogP contribution is -2.25. The third-order valence-electron chi connectivity index (χ3n) is 2.36. The van der Waals surface area contributed by atoms with Gasteiger partial charge in [0.25, 0.3) is 5.91 Å². The van der Waals surface area contributed by atoms with E-state index in [1.807, 2.05) is 0 Å². The predicted molar refractivity (Wildman–Crippen MR) is 64.3 cm³/mol. The molecule has 0 saturated heterocycles. The van der Waals surface area contributed by atoms with Gasteiger partial charge in [-0.2, -0.15) is 0 Å². The number of rotatable bonds is 3. The summed E-state index contributed by atoms with van der Waals surface area (Å²) in [6.45, 7) is 2.11. The number of hydrogen-bond acceptors (Lipinski definition) is 3. The van der Waals surface area contributed by atoms with Crippen molar-refractivity contribution in [2.24, 2.45) is 0 Å². The smallest absolute Gasteiger partial charge is 0.289 e. The van der Waals surface area contributed by atoms with Crippen LogP contribution in [0.2, 0.25) is 0 Å². The van der Waals surface area contributed by atoms with Gasteiger partial charge in [-0.05, 0) is 30.7 Å². The summed E-state index contributed by atoms with van der Waals surface area (Å²) in [6.07, 6.45) is 1.54. The van der Waals surface area contributed by atoms with Crippen LogP contribution in [0.5, 0.6) is 0 Å². The van der Waals surface area contributed by atoms with Crippen molar-refractivity contribution in [3.63, 3.8) is 0 Å². The zero-order chi connectivity index (χ0) is 13.0. The van der Waals surface area contributed by atoms with E-state index in [1.165, 1.54) is 18.3 Å². The van der Waals surface area contributed by atoms with E-state index >= 15 is 0 Å². The summed E-state index contributed by atoms with van der Waals surface area (Å²) >= 11 is 0. The molecule has 0 aliphatic carbocycles. The molecule has 1 amide bonds. The van der Waals surface area contributed by atoms with Crippen LogP contribution >= 0.6 is 0 Å². The molecule has 0 unspecified atom stereocenters. The largest absolute Gasteiger partial charge is 0.345 e. The van der Waals surface area contributed by atoms with Crippen LogP contribution in [0, 0.1) is 12.7 Å². The Morgan fingerprint density at radius 3 is 2.67 bits per heavy atom. The average Bonchev–Trinajstić information content (AvgIpc) is 2.38. The molecule has 0 fully saturated rings. The van der Waals surface area contributed by atoms with Gasteiger partial charge in [0.15, 0.2) is 0 Å². The number of benzene rings is 1. The summed E-state index contributed by atoms with van der Waals surface area (Å²) in [5.74, 6) is -0.507. The summed E-state index contributed by atoms with van der Waals surface area (Å²) < 4.78 is 12.7. The van der Waals surface area contributed by atoms with Crippen LogP contribution in [0.15, 0.2) is 36.5 Å². The molecule has 0 saturated carbocycles. The van der Waals surface area contributed by atoms with Crippen LogP contribution in [-0.2, 0) is 6.54 Å². The van der Waals surface area contributed by atoms with E-state index in [-0.39, 0.29) is 17.5 Å². The Bertz CT molecular complexity index is 554. The van der Waals surface area contributed by atoms with Crippen LogP contribution in [0.25, 0.3) is 0 Å². The molecule has 2 aromatic rings. The van der Waals surface area contributed by atoms with E-state index in [9.17, 15) is 9.18 Å². The second-order valence-electron chi connectivity index (χ2n) is 3.83. The number of halogens is 1. The molecule has 4 nitrogen and oxygen atoms in total. The molecule has 2 rings (SSSR count). The Morgan fingerprint density at radius 1 is 1.28 bits per heavy atom. The predicted octanol–water partition coefficient (Wildman–Crippen LogP) is 1.85. The van der Waals surface area contributed by atoms with Crippen LogP contribution in [0.1, 0.15) is 21.9 Å². The number of aryl methyl sites for hydroxylation is 1. The number of hydrogen-bond donors (Lipinski definition) is 1. The van der Waals surface area contributed by atoms with Crippen molar-refractivity contribution in [2.75, 3.05) is 0 Å². The first-order valence-electron chi connectivity index (χ1n) is 5.47. The Labute approximate surface area is 104 Å². The lowest BCUT2D eigenvalue weighted by Gasteiger charge is -2.04. The number of nitrogens with zero attached hydrogens (tertiary/aromatic N) is 2. The number of carbonyl (C=O) groups is 1. The summed E-state index contributed by atoms with van der Waals surface area (Å²) in [5.41, 5.74) is 1.55. The van der Waals surface area contributed by atoms with E-state index in [2.05, 4.69) is 15.3 Å². The summed E-state index contributed by atoms with van der Waals surface area (Å²) in [4.78, 5) is 19.6. The zero-order valence-corrected chi connectivity index (χ0v) is 9.85. The van der Waals surface area contributed by atoms with Crippen LogP contribution in [0.4, 0.5) is 4.39 Å². The van der Waals surface area contributed by atoms with E-state index in [0.717, 1.165) is 11.3 Å². The molecular formula is C13H12FN3O. The minimum absolute atomic E-state index is 0.136. The third-order valence-corrected chi connectivity index (χ3v) is 2.36.